The molecule has 0 spiro atoms. The highest BCUT2D eigenvalue weighted by atomic mass is 35.5. The van der Waals surface area contributed by atoms with Crippen LogP contribution >= 0.6 is 11.6 Å². The van der Waals surface area contributed by atoms with E-state index in [0.29, 0.717) is 5.02 Å². The molecular formula is C16H15ClFNO3S. The number of rotatable bonds is 5. The van der Waals surface area contributed by atoms with Crippen LogP contribution in [0.1, 0.15) is 5.56 Å². The van der Waals surface area contributed by atoms with Gasteiger partial charge in [-0.2, -0.15) is 4.31 Å². The van der Waals surface area contributed by atoms with E-state index in [1.54, 1.807) is 24.3 Å². The van der Waals surface area contributed by atoms with Crippen molar-refractivity contribution in [1.29, 1.82) is 0 Å². The van der Waals surface area contributed by atoms with Crippen molar-refractivity contribution in [1.82, 2.24) is 4.31 Å². The second-order valence-corrected chi connectivity index (χ2v) is 7.72. The lowest BCUT2D eigenvalue weighted by Gasteiger charge is -2.37. The molecule has 1 aliphatic heterocycles. The maximum atomic E-state index is 13.1. The topological polar surface area (TPSA) is 46.6 Å². The fraction of sp³-hybridized carbons (Fsp3) is 0.250. The van der Waals surface area contributed by atoms with Crippen LogP contribution in [0.15, 0.2) is 53.4 Å². The second kappa shape index (κ2) is 6.57. The molecule has 0 aromatic heterocycles. The molecule has 0 saturated carbocycles. The fourth-order valence-corrected chi connectivity index (χ4v) is 4.12. The minimum Gasteiger partial charge on any atom is -0.371 e. The smallest absolute Gasteiger partial charge is 0.243 e. The summed E-state index contributed by atoms with van der Waals surface area (Å²) in [5, 5.41) is 0.380. The molecule has 1 heterocycles. The highest BCUT2D eigenvalue weighted by Gasteiger charge is 2.37. The van der Waals surface area contributed by atoms with Gasteiger partial charge >= 0.3 is 0 Å². The molecule has 1 saturated heterocycles. The summed E-state index contributed by atoms with van der Waals surface area (Å²) < 4.78 is 44.8. The number of sulfonamides is 1. The van der Waals surface area contributed by atoms with Crippen molar-refractivity contribution in [2.45, 2.75) is 17.6 Å². The highest BCUT2D eigenvalue weighted by Crippen LogP contribution is 2.25. The third-order valence-corrected chi connectivity index (χ3v) is 5.69. The van der Waals surface area contributed by atoms with Crippen LogP contribution in [-0.4, -0.2) is 31.9 Å². The van der Waals surface area contributed by atoms with Crippen molar-refractivity contribution in [3.05, 3.63) is 64.9 Å². The van der Waals surface area contributed by atoms with Gasteiger partial charge in [-0.1, -0.05) is 29.8 Å². The predicted octanol–water partition coefficient (Wildman–Crippen LogP) is 3.07. The summed E-state index contributed by atoms with van der Waals surface area (Å²) in [6.07, 6.45) is -0.188. The number of halogens is 2. The lowest BCUT2D eigenvalue weighted by Crippen LogP contribution is -2.54. The molecule has 0 N–H and O–H groups in total. The average Bonchev–Trinajstić information content (AvgIpc) is 2.45. The fourth-order valence-electron chi connectivity index (χ4n) is 2.32. The Morgan fingerprint density at radius 1 is 1.17 bits per heavy atom. The molecule has 1 aliphatic rings. The van der Waals surface area contributed by atoms with Gasteiger partial charge in [-0.05, 0) is 35.9 Å². The molecule has 2 aromatic carbocycles. The van der Waals surface area contributed by atoms with Gasteiger partial charge in [0.1, 0.15) is 5.82 Å². The monoisotopic (exact) mass is 355 g/mol. The van der Waals surface area contributed by atoms with E-state index in [-0.39, 0.29) is 36.5 Å². The van der Waals surface area contributed by atoms with Gasteiger partial charge in [0.2, 0.25) is 10.0 Å². The number of nitrogens with zero attached hydrogens (tertiary/aromatic N) is 1. The first kappa shape index (κ1) is 16.4. The van der Waals surface area contributed by atoms with Crippen molar-refractivity contribution in [2.75, 3.05) is 13.1 Å². The van der Waals surface area contributed by atoms with Crippen LogP contribution in [0.3, 0.4) is 0 Å². The Hall–Kier alpha value is -1.47. The number of hydrogen-bond donors (Lipinski definition) is 0. The normalized spacial score (nSPS) is 16.3. The molecule has 2 aromatic rings. The summed E-state index contributed by atoms with van der Waals surface area (Å²) in [6, 6.07) is 12.3. The molecular weight excluding hydrogens is 341 g/mol. The van der Waals surface area contributed by atoms with Crippen molar-refractivity contribution in [3.63, 3.8) is 0 Å². The van der Waals surface area contributed by atoms with E-state index in [1.807, 2.05) is 0 Å². The van der Waals surface area contributed by atoms with Crippen LogP contribution in [0.5, 0.6) is 0 Å². The second-order valence-electron chi connectivity index (χ2n) is 5.34. The van der Waals surface area contributed by atoms with E-state index in [0.717, 1.165) is 5.56 Å². The summed E-state index contributed by atoms with van der Waals surface area (Å²) >= 11 is 5.84. The van der Waals surface area contributed by atoms with Crippen LogP contribution in [0.2, 0.25) is 5.02 Å². The van der Waals surface area contributed by atoms with E-state index in [2.05, 4.69) is 0 Å². The summed E-state index contributed by atoms with van der Waals surface area (Å²) in [7, 11) is -3.54. The third-order valence-electron chi connectivity index (χ3n) is 3.62. The van der Waals surface area contributed by atoms with Crippen LogP contribution in [0, 0.1) is 5.82 Å². The summed E-state index contributed by atoms with van der Waals surface area (Å²) in [6.45, 7) is 0.821. The average molecular weight is 356 g/mol. The van der Waals surface area contributed by atoms with Crippen molar-refractivity contribution >= 4 is 21.6 Å². The Balaban J connectivity index is 1.56. The van der Waals surface area contributed by atoms with Crippen LogP contribution in [0.4, 0.5) is 4.39 Å². The molecule has 0 atom stereocenters. The van der Waals surface area contributed by atoms with Gasteiger partial charge in [0, 0.05) is 18.1 Å². The Labute approximate surface area is 139 Å². The van der Waals surface area contributed by atoms with Gasteiger partial charge < -0.3 is 4.74 Å². The van der Waals surface area contributed by atoms with Crippen molar-refractivity contribution in [3.8, 4) is 0 Å². The zero-order chi connectivity index (χ0) is 16.4. The van der Waals surface area contributed by atoms with Gasteiger partial charge in [0.15, 0.2) is 0 Å². The maximum absolute atomic E-state index is 13.1. The molecule has 7 heteroatoms. The van der Waals surface area contributed by atoms with Crippen molar-refractivity contribution < 1.29 is 17.5 Å². The van der Waals surface area contributed by atoms with Crippen LogP contribution < -0.4 is 0 Å². The summed E-state index contributed by atoms with van der Waals surface area (Å²) in [4.78, 5) is 0.175. The molecule has 0 amide bonds. The molecule has 1 fully saturated rings. The first-order chi connectivity index (χ1) is 10.9. The Morgan fingerprint density at radius 3 is 2.61 bits per heavy atom. The highest BCUT2D eigenvalue weighted by molar-refractivity contribution is 7.89. The number of benzene rings is 2. The molecule has 0 aliphatic carbocycles. The summed E-state index contributed by atoms with van der Waals surface area (Å²) in [5.74, 6) is -0.315. The van der Waals surface area contributed by atoms with E-state index in [4.69, 9.17) is 16.3 Å². The molecule has 0 radical (unpaired) electrons. The minimum absolute atomic E-state index is 0.175. The van der Waals surface area contributed by atoms with E-state index >= 15 is 0 Å². The van der Waals surface area contributed by atoms with E-state index < -0.39 is 10.0 Å². The lowest BCUT2D eigenvalue weighted by atomic mass is 10.2. The molecule has 0 unspecified atom stereocenters. The van der Waals surface area contributed by atoms with Gasteiger partial charge in [0.25, 0.3) is 0 Å². The molecule has 4 nitrogen and oxygen atoms in total. The molecule has 0 bridgehead atoms. The SMILES string of the molecule is O=S(=O)(c1cccc(Cl)c1)N1CC(OCc2cccc(F)c2)C1. The zero-order valence-corrected chi connectivity index (χ0v) is 13.7. The first-order valence-electron chi connectivity index (χ1n) is 7.07. The number of ether oxygens (including phenoxy) is 1. The minimum atomic E-state index is -3.54. The van der Waals surface area contributed by atoms with Gasteiger partial charge in [-0.3, -0.25) is 0 Å². The quantitative estimate of drug-likeness (QED) is 0.828. The molecule has 3 rings (SSSR count). The standard InChI is InChI=1S/C16H15ClFNO3S/c17-13-4-2-6-16(8-13)23(20,21)19-9-15(10-19)22-11-12-3-1-5-14(18)7-12/h1-8,15H,9-11H2. The number of hydrogen-bond acceptors (Lipinski definition) is 3. The maximum Gasteiger partial charge on any atom is 0.243 e. The van der Waals surface area contributed by atoms with E-state index in [9.17, 15) is 12.8 Å². The molecule has 122 valence electrons. The zero-order valence-electron chi connectivity index (χ0n) is 12.2. The van der Waals surface area contributed by atoms with Gasteiger partial charge in [-0.25, -0.2) is 12.8 Å². The van der Waals surface area contributed by atoms with Crippen LogP contribution in [-0.2, 0) is 21.4 Å². The van der Waals surface area contributed by atoms with Gasteiger partial charge in [-0.15, -0.1) is 0 Å². The Morgan fingerprint density at radius 2 is 1.91 bits per heavy atom. The van der Waals surface area contributed by atoms with Crippen LogP contribution in [0.25, 0.3) is 0 Å². The largest absolute Gasteiger partial charge is 0.371 e. The first-order valence-corrected chi connectivity index (χ1v) is 8.89. The van der Waals surface area contributed by atoms with Gasteiger partial charge in [0.05, 0.1) is 17.6 Å². The predicted molar refractivity (Wildman–Crippen MR) is 85.2 cm³/mol. The van der Waals surface area contributed by atoms with Crippen molar-refractivity contribution in [2.24, 2.45) is 0 Å². The Bertz CT molecular complexity index is 806. The summed E-state index contributed by atoms with van der Waals surface area (Å²) in [5.41, 5.74) is 0.723. The third kappa shape index (κ3) is 3.72. The molecule has 23 heavy (non-hydrogen) atoms. The van der Waals surface area contributed by atoms with E-state index in [1.165, 1.54) is 28.6 Å². The Kier molecular flexibility index (Phi) is 4.68. The lowest BCUT2D eigenvalue weighted by molar-refractivity contribution is -0.0296.